The second-order valence-electron chi connectivity index (χ2n) is 5.39. The Morgan fingerprint density at radius 1 is 1.24 bits per heavy atom. The second kappa shape index (κ2) is 4.11. The predicted molar refractivity (Wildman–Crippen MR) is 74.0 cm³/mol. The third kappa shape index (κ3) is 1.77. The molecule has 1 fully saturated rings. The van der Waals surface area contributed by atoms with Gasteiger partial charge in [0.2, 0.25) is 0 Å². The molecule has 0 radical (unpaired) electrons. The average molecular weight is 346 g/mol. The molecule has 0 aliphatic heterocycles. The first-order valence-corrected chi connectivity index (χ1v) is 7.27. The van der Waals surface area contributed by atoms with E-state index in [0.29, 0.717) is 5.41 Å². The molecule has 0 bridgehead atoms. The van der Waals surface area contributed by atoms with Crippen molar-refractivity contribution in [2.45, 2.75) is 38.5 Å². The predicted octanol–water partition coefficient (Wildman–Crippen LogP) is 4.10. The van der Waals surface area contributed by atoms with Crippen molar-refractivity contribution in [1.29, 1.82) is 0 Å². The van der Waals surface area contributed by atoms with Crippen LogP contribution >= 0.6 is 22.6 Å². The Hall–Kier alpha value is -0.320. The van der Waals surface area contributed by atoms with Crippen LogP contribution in [0.5, 0.6) is 5.75 Å². The highest BCUT2D eigenvalue weighted by atomic mass is 127. The molecule has 0 saturated heterocycles. The standard InChI is InChI=1S/C14H16FIO/c1-17-12-6-11(15)13(16)10-8-14(7-9(10)12)4-2-3-5-14/h6H,2-5,7-8H2,1H3. The molecule has 1 aromatic carbocycles. The highest BCUT2D eigenvalue weighted by molar-refractivity contribution is 14.1. The molecule has 17 heavy (non-hydrogen) atoms. The molecule has 2 aliphatic carbocycles. The maximum atomic E-state index is 13.8. The molecule has 1 nitrogen and oxygen atoms in total. The number of benzene rings is 1. The molecule has 3 rings (SSSR count). The SMILES string of the molecule is COc1cc(F)c(I)c2c1CC1(CCCC1)C2. The number of fused-ring (bicyclic) bond motifs is 1. The van der Waals surface area contributed by atoms with Crippen LogP contribution in [-0.2, 0) is 12.8 Å². The normalized spacial score (nSPS) is 20.9. The van der Waals surface area contributed by atoms with E-state index in [2.05, 4.69) is 22.6 Å². The van der Waals surface area contributed by atoms with Gasteiger partial charge in [-0.05, 0) is 64.8 Å². The van der Waals surface area contributed by atoms with Crippen LogP contribution in [0.1, 0.15) is 36.8 Å². The van der Waals surface area contributed by atoms with Crippen LogP contribution in [-0.4, -0.2) is 7.11 Å². The summed E-state index contributed by atoms with van der Waals surface area (Å²) in [6.07, 6.45) is 7.38. The average Bonchev–Trinajstić information content (AvgIpc) is 2.92. The maximum absolute atomic E-state index is 13.8. The van der Waals surface area contributed by atoms with Crippen LogP contribution in [0.4, 0.5) is 4.39 Å². The van der Waals surface area contributed by atoms with Crippen molar-refractivity contribution < 1.29 is 9.13 Å². The third-order valence-corrected chi connectivity index (χ3v) is 5.55. The Bertz CT molecular complexity index is 464. The van der Waals surface area contributed by atoms with Crippen LogP contribution in [0.15, 0.2) is 6.07 Å². The molecular formula is C14H16FIO. The van der Waals surface area contributed by atoms with Crippen molar-refractivity contribution in [1.82, 2.24) is 0 Å². The molecule has 1 saturated carbocycles. The molecule has 2 aliphatic rings. The Morgan fingerprint density at radius 3 is 2.53 bits per heavy atom. The maximum Gasteiger partial charge on any atom is 0.140 e. The zero-order chi connectivity index (χ0) is 12.0. The number of ether oxygens (including phenoxy) is 1. The highest BCUT2D eigenvalue weighted by Gasteiger charge is 2.42. The fourth-order valence-electron chi connectivity index (χ4n) is 3.54. The third-order valence-electron chi connectivity index (χ3n) is 4.38. The van der Waals surface area contributed by atoms with E-state index < -0.39 is 0 Å². The number of methoxy groups -OCH3 is 1. The number of hydrogen-bond acceptors (Lipinski definition) is 1. The van der Waals surface area contributed by atoms with Gasteiger partial charge >= 0.3 is 0 Å². The smallest absolute Gasteiger partial charge is 0.140 e. The second-order valence-corrected chi connectivity index (χ2v) is 6.47. The van der Waals surface area contributed by atoms with Gasteiger partial charge in [-0.25, -0.2) is 4.39 Å². The molecule has 92 valence electrons. The fraction of sp³-hybridized carbons (Fsp3) is 0.571. The van der Waals surface area contributed by atoms with Gasteiger partial charge in [-0.15, -0.1) is 0 Å². The van der Waals surface area contributed by atoms with Crippen molar-refractivity contribution >= 4 is 22.6 Å². The topological polar surface area (TPSA) is 9.23 Å². The molecule has 1 aromatic rings. The van der Waals surface area contributed by atoms with Gasteiger partial charge in [-0.1, -0.05) is 12.8 Å². The summed E-state index contributed by atoms with van der Waals surface area (Å²) in [4.78, 5) is 0. The molecule has 0 atom stereocenters. The van der Waals surface area contributed by atoms with Gasteiger partial charge in [0, 0.05) is 6.07 Å². The summed E-state index contributed by atoms with van der Waals surface area (Å²) < 4.78 is 20.0. The lowest BCUT2D eigenvalue weighted by Gasteiger charge is -2.21. The van der Waals surface area contributed by atoms with Crippen LogP contribution in [0.25, 0.3) is 0 Å². The molecule has 1 spiro atoms. The Balaban J connectivity index is 2.08. The minimum absolute atomic E-state index is 0.128. The lowest BCUT2D eigenvalue weighted by atomic mass is 9.83. The molecule has 3 heteroatoms. The van der Waals surface area contributed by atoms with E-state index in [4.69, 9.17) is 4.74 Å². The molecule has 0 N–H and O–H groups in total. The van der Waals surface area contributed by atoms with E-state index in [9.17, 15) is 4.39 Å². The first-order chi connectivity index (χ1) is 8.15. The van der Waals surface area contributed by atoms with Gasteiger partial charge in [0.1, 0.15) is 11.6 Å². The van der Waals surface area contributed by atoms with Crippen molar-refractivity contribution in [3.63, 3.8) is 0 Å². The Morgan fingerprint density at radius 2 is 1.88 bits per heavy atom. The first kappa shape index (κ1) is 11.8. The largest absolute Gasteiger partial charge is 0.496 e. The van der Waals surface area contributed by atoms with Crippen LogP contribution in [0.2, 0.25) is 0 Å². The summed E-state index contributed by atoms with van der Waals surface area (Å²) in [7, 11) is 1.64. The van der Waals surface area contributed by atoms with Crippen molar-refractivity contribution in [3.8, 4) is 5.75 Å². The van der Waals surface area contributed by atoms with E-state index in [0.717, 1.165) is 22.2 Å². The van der Waals surface area contributed by atoms with E-state index in [1.54, 1.807) is 13.2 Å². The summed E-state index contributed by atoms with van der Waals surface area (Å²) >= 11 is 2.14. The Kier molecular flexibility index (Phi) is 2.84. The lowest BCUT2D eigenvalue weighted by Crippen LogP contribution is -2.15. The van der Waals surface area contributed by atoms with Gasteiger partial charge < -0.3 is 4.74 Å². The van der Waals surface area contributed by atoms with Gasteiger partial charge in [0.25, 0.3) is 0 Å². The minimum Gasteiger partial charge on any atom is -0.496 e. The van der Waals surface area contributed by atoms with E-state index >= 15 is 0 Å². The van der Waals surface area contributed by atoms with Gasteiger partial charge in [-0.3, -0.25) is 0 Å². The fourth-order valence-corrected chi connectivity index (χ4v) is 4.21. The van der Waals surface area contributed by atoms with E-state index in [1.807, 2.05) is 0 Å². The van der Waals surface area contributed by atoms with Crippen LogP contribution in [0, 0.1) is 14.8 Å². The summed E-state index contributed by atoms with van der Waals surface area (Å²) in [5.74, 6) is 0.623. The number of hydrogen-bond donors (Lipinski definition) is 0. The van der Waals surface area contributed by atoms with Crippen LogP contribution in [0.3, 0.4) is 0 Å². The van der Waals surface area contributed by atoms with Crippen molar-refractivity contribution in [3.05, 3.63) is 26.6 Å². The number of rotatable bonds is 1. The zero-order valence-electron chi connectivity index (χ0n) is 9.98. The quantitative estimate of drug-likeness (QED) is 0.696. The lowest BCUT2D eigenvalue weighted by molar-refractivity contribution is 0.314. The summed E-state index contributed by atoms with van der Waals surface area (Å²) in [6, 6.07) is 1.55. The van der Waals surface area contributed by atoms with Gasteiger partial charge in [-0.2, -0.15) is 0 Å². The monoisotopic (exact) mass is 346 g/mol. The minimum atomic E-state index is -0.128. The van der Waals surface area contributed by atoms with Crippen molar-refractivity contribution in [2.24, 2.45) is 5.41 Å². The first-order valence-electron chi connectivity index (χ1n) is 6.19. The molecule has 0 amide bonds. The zero-order valence-corrected chi connectivity index (χ0v) is 12.1. The van der Waals surface area contributed by atoms with Crippen LogP contribution < -0.4 is 4.74 Å². The Labute approximate surface area is 115 Å². The summed E-state index contributed by atoms with van der Waals surface area (Å²) in [5, 5.41) is 0. The molecule has 0 aromatic heterocycles. The molecule has 0 unspecified atom stereocenters. The van der Waals surface area contributed by atoms with Crippen molar-refractivity contribution in [2.75, 3.05) is 7.11 Å². The summed E-state index contributed by atoms with van der Waals surface area (Å²) in [5.41, 5.74) is 2.90. The van der Waals surface area contributed by atoms with E-state index in [1.165, 1.54) is 36.8 Å². The van der Waals surface area contributed by atoms with E-state index in [-0.39, 0.29) is 5.82 Å². The van der Waals surface area contributed by atoms with Gasteiger partial charge in [0.15, 0.2) is 0 Å². The van der Waals surface area contributed by atoms with Gasteiger partial charge in [0.05, 0.1) is 10.7 Å². The molecule has 0 heterocycles. The highest BCUT2D eigenvalue weighted by Crippen LogP contribution is 2.52. The summed E-state index contributed by atoms with van der Waals surface area (Å²) in [6.45, 7) is 0. The number of halogens is 2. The molecular weight excluding hydrogens is 330 g/mol.